The minimum absolute atomic E-state index is 0.689. The maximum Gasteiger partial charge on any atom is 0.0703 e. The van der Waals surface area contributed by atoms with E-state index in [9.17, 15) is 0 Å². The van der Waals surface area contributed by atoms with Gasteiger partial charge in [0.15, 0.2) is 0 Å². The van der Waals surface area contributed by atoms with Crippen LogP contribution < -0.4 is 10.6 Å². The van der Waals surface area contributed by atoms with E-state index in [1.54, 1.807) is 6.20 Å². The predicted octanol–water partition coefficient (Wildman–Crippen LogP) is 2.40. The summed E-state index contributed by atoms with van der Waals surface area (Å²) in [5.41, 5.74) is 9.51. The molecule has 0 unspecified atom stereocenters. The van der Waals surface area contributed by atoms with Gasteiger partial charge in [0, 0.05) is 25.3 Å². The van der Waals surface area contributed by atoms with Gasteiger partial charge in [-0.05, 0) is 24.3 Å². The van der Waals surface area contributed by atoms with Crippen molar-refractivity contribution in [3.8, 4) is 11.3 Å². The topological polar surface area (TPSA) is 42.1 Å². The molecule has 2 N–H and O–H groups in total. The van der Waals surface area contributed by atoms with Crippen LogP contribution in [0, 0.1) is 0 Å². The number of nitrogens with zero attached hydrogens (tertiary/aromatic N) is 2. The summed E-state index contributed by atoms with van der Waals surface area (Å²) < 4.78 is 0. The molecule has 0 aliphatic carbocycles. The summed E-state index contributed by atoms with van der Waals surface area (Å²) in [7, 11) is 4.05. The van der Waals surface area contributed by atoms with Crippen molar-refractivity contribution in [2.24, 2.45) is 0 Å². The molecule has 0 radical (unpaired) electrons. The number of rotatable bonds is 2. The maximum absolute atomic E-state index is 5.60. The predicted molar refractivity (Wildman–Crippen MR) is 68.4 cm³/mol. The van der Waals surface area contributed by atoms with Gasteiger partial charge in [0.1, 0.15) is 0 Å². The highest BCUT2D eigenvalue weighted by atomic mass is 15.1. The molecule has 1 aromatic carbocycles. The van der Waals surface area contributed by atoms with Crippen molar-refractivity contribution in [3.63, 3.8) is 0 Å². The van der Waals surface area contributed by atoms with E-state index in [-0.39, 0.29) is 0 Å². The number of hydrogen-bond acceptors (Lipinski definition) is 3. The molecule has 0 bridgehead atoms. The van der Waals surface area contributed by atoms with Gasteiger partial charge in [0.2, 0.25) is 0 Å². The minimum Gasteiger partial charge on any atom is -0.397 e. The molecule has 1 aromatic heterocycles. The summed E-state index contributed by atoms with van der Waals surface area (Å²) in [6.45, 7) is 0. The van der Waals surface area contributed by atoms with E-state index in [0.717, 1.165) is 11.3 Å². The zero-order valence-electron chi connectivity index (χ0n) is 9.51. The molecule has 0 saturated heterocycles. The first kappa shape index (κ1) is 10.5. The molecule has 0 aliphatic heterocycles. The Morgan fingerprint density at radius 1 is 1.00 bits per heavy atom. The van der Waals surface area contributed by atoms with E-state index < -0.39 is 0 Å². The van der Waals surface area contributed by atoms with Gasteiger partial charge in [0.25, 0.3) is 0 Å². The lowest BCUT2D eigenvalue weighted by Gasteiger charge is -2.12. The van der Waals surface area contributed by atoms with E-state index in [4.69, 9.17) is 5.73 Å². The molecule has 0 atom stereocenters. The van der Waals surface area contributed by atoms with Gasteiger partial charge < -0.3 is 10.6 Å². The Bertz CT molecular complexity index is 458. The Kier molecular flexibility index (Phi) is 2.77. The third-order valence-corrected chi connectivity index (χ3v) is 2.47. The normalized spacial score (nSPS) is 10.1. The minimum atomic E-state index is 0.689. The van der Waals surface area contributed by atoms with Crippen LogP contribution in [-0.2, 0) is 0 Å². The van der Waals surface area contributed by atoms with Gasteiger partial charge in [0.05, 0.1) is 17.6 Å². The average molecular weight is 213 g/mol. The quantitative estimate of drug-likeness (QED) is 0.833. The molecular formula is C13H15N3. The standard InChI is InChI=1S/C13H15N3/c1-16(2)12-6-3-10(4-7-12)13-8-5-11(14)9-15-13/h3-9H,14H2,1-2H3. The van der Waals surface area contributed by atoms with Crippen molar-refractivity contribution in [3.05, 3.63) is 42.6 Å². The number of hydrogen-bond donors (Lipinski definition) is 1. The van der Waals surface area contributed by atoms with Gasteiger partial charge in [-0.3, -0.25) is 4.98 Å². The summed E-state index contributed by atoms with van der Waals surface area (Å²) in [4.78, 5) is 6.35. The van der Waals surface area contributed by atoms with Gasteiger partial charge in [-0.1, -0.05) is 12.1 Å². The lowest BCUT2D eigenvalue weighted by atomic mass is 10.1. The molecule has 1 heterocycles. The zero-order chi connectivity index (χ0) is 11.5. The van der Waals surface area contributed by atoms with Crippen LogP contribution in [-0.4, -0.2) is 19.1 Å². The first-order valence-electron chi connectivity index (χ1n) is 5.16. The van der Waals surface area contributed by atoms with Crippen LogP contribution >= 0.6 is 0 Å². The van der Waals surface area contributed by atoms with Gasteiger partial charge in [-0.15, -0.1) is 0 Å². The smallest absolute Gasteiger partial charge is 0.0703 e. The van der Waals surface area contributed by atoms with E-state index in [2.05, 4.69) is 34.1 Å². The molecule has 0 saturated carbocycles. The monoisotopic (exact) mass is 213 g/mol. The third-order valence-electron chi connectivity index (χ3n) is 2.47. The van der Waals surface area contributed by atoms with Gasteiger partial charge in [-0.2, -0.15) is 0 Å². The molecule has 0 aliphatic rings. The van der Waals surface area contributed by atoms with Crippen molar-refractivity contribution in [2.45, 2.75) is 0 Å². The van der Waals surface area contributed by atoms with Crippen LogP contribution in [0.2, 0.25) is 0 Å². The molecule has 0 fully saturated rings. The molecule has 3 heteroatoms. The summed E-state index contributed by atoms with van der Waals surface area (Å²) in [5, 5.41) is 0. The van der Waals surface area contributed by atoms with Crippen molar-refractivity contribution in [1.82, 2.24) is 4.98 Å². The Labute approximate surface area is 95.5 Å². The second-order valence-corrected chi connectivity index (χ2v) is 3.92. The molecule has 3 nitrogen and oxygen atoms in total. The number of nitrogens with two attached hydrogens (primary N) is 1. The highest BCUT2D eigenvalue weighted by Crippen LogP contribution is 2.20. The lowest BCUT2D eigenvalue weighted by molar-refractivity contribution is 1.13. The van der Waals surface area contributed by atoms with Crippen LogP contribution in [0.3, 0.4) is 0 Å². The molecule has 0 spiro atoms. The fraction of sp³-hybridized carbons (Fsp3) is 0.154. The van der Waals surface area contributed by atoms with Gasteiger partial charge in [-0.25, -0.2) is 0 Å². The molecule has 2 rings (SSSR count). The Balaban J connectivity index is 2.31. The zero-order valence-corrected chi connectivity index (χ0v) is 9.51. The SMILES string of the molecule is CN(C)c1ccc(-c2ccc(N)cn2)cc1. The maximum atomic E-state index is 5.60. The number of nitrogen functional groups attached to an aromatic ring is 1. The summed E-state index contributed by atoms with van der Waals surface area (Å²) >= 11 is 0. The molecular weight excluding hydrogens is 198 g/mol. The van der Waals surface area contributed by atoms with E-state index in [0.29, 0.717) is 5.69 Å². The van der Waals surface area contributed by atoms with Crippen molar-refractivity contribution >= 4 is 11.4 Å². The summed E-state index contributed by atoms with van der Waals surface area (Å²) in [6, 6.07) is 12.1. The number of aromatic nitrogens is 1. The molecule has 16 heavy (non-hydrogen) atoms. The molecule has 2 aromatic rings. The lowest BCUT2D eigenvalue weighted by Crippen LogP contribution is -2.07. The molecule has 0 amide bonds. The van der Waals surface area contributed by atoms with E-state index in [1.165, 1.54) is 5.69 Å². The van der Waals surface area contributed by atoms with E-state index >= 15 is 0 Å². The fourth-order valence-corrected chi connectivity index (χ4v) is 1.51. The van der Waals surface area contributed by atoms with Crippen LogP contribution in [0.15, 0.2) is 42.6 Å². The Morgan fingerprint density at radius 2 is 1.69 bits per heavy atom. The van der Waals surface area contributed by atoms with Crippen LogP contribution in [0.1, 0.15) is 0 Å². The first-order chi connectivity index (χ1) is 7.66. The first-order valence-corrected chi connectivity index (χ1v) is 5.16. The summed E-state index contributed by atoms with van der Waals surface area (Å²) in [5.74, 6) is 0. The Morgan fingerprint density at radius 3 is 2.19 bits per heavy atom. The third kappa shape index (κ3) is 2.14. The highest BCUT2D eigenvalue weighted by molar-refractivity contribution is 5.63. The van der Waals surface area contributed by atoms with Crippen LogP contribution in [0.5, 0.6) is 0 Å². The average Bonchev–Trinajstić information content (AvgIpc) is 2.30. The number of anilines is 2. The van der Waals surface area contributed by atoms with Crippen molar-refractivity contribution in [2.75, 3.05) is 24.7 Å². The summed E-state index contributed by atoms with van der Waals surface area (Å²) in [6.07, 6.45) is 1.68. The second-order valence-electron chi connectivity index (χ2n) is 3.92. The van der Waals surface area contributed by atoms with Crippen molar-refractivity contribution < 1.29 is 0 Å². The number of pyridine rings is 1. The van der Waals surface area contributed by atoms with E-state index in [1.807, 2.05) is 26.2 Å². The highest BCUT2D eigenvalue weighted by Gasteiger charge is 2.00. The van der Waals surface area contributed by atoms with Crippen LogP contribution in [0.4, 0.5) is 11.4 Å². The molecule has 82 valence electrons. The van der Waals surface area contributed by atoms with Crippen molar-refractivity contribution in [1.29, 1.82) is 0 Å². The fourth-order valence-electron chi connectivity index (χ4n) is 1.51. The number of benzene rings is 1. The van der Waals surface area contributed by atoms with Crippen LogP contribution in [0.25, 0.3) is 11.3 Å². The van der Waals surface area contributed by atoms with Gasteiger partial charge >= 0.3 is 0 Å². The largest absolute Gasteiger partial charge is 0.397 e. The Hall–Kier alpha value is -2.03. The second kappa shape index (κ2) is 4.23.